The van der Waals surface area contributed by atoms with Gasteiger partial charge in [-0.05, 0) is 41.5 Å². The van der Waals surface area contributed by atoms with Crippen LogP contribution >= 0.6 is 27.3 Å². The average molecular weight is 444 g/mol. The normalized spacial score (nSPS) is 12.0. The van der Waals surface area contributed by atoms with Crippen molar-refractivity contribution in [1.82, 2.24) is 14.6 Å². The zero-order valence-corrected chi connectivity index (χ0v) is 16.1. The number of fused-ring (bicyclic) bond motifs is 1. The first kappa shape index (κ1) is 17.7. The van der Waals surface area contributed by atoms with Crippen LogP contribution in [0.1, 0.15) is 16.8 Å². The van der Waals surface area contributed by atoms with Crippen LogP contribution in [0.15, 0.2) is 62.6 Å². The Morgan fingerprint density at radius 1 is 1.07 bits per heavy atom. The fourth-order valence-corrected chi connectivity index (χ4v) is 3.73. The van der Waals surface area contributed by atoms with E-state index in [1.807, 2.05) is 24.3 Å². The highest BCUT2D eigenvalue weighted by atomic mass is 79.9. The number of halogens is 2. The Bertz CT molecular complexity index is 1300. The third-order valence-corrected chi connectivity index (χ3v) is 5.39. The van der Waals surface area contributed by atoms with E-state index >= 15 is 0 Å². The molecule has 0 aliphatic heterocycles. The molecular formula is C19H11BrFN3O2S. The van der Waals surface area contributed by atoms with Crippen LogP contribution in [0.3, 0.4) is 0 Å². The average Bonchev–Trinajstić information content (AvgIpc) is 2.94. The monoisotopic (exact) mass is 443 g/mol. The van der Waals surface area contributed by atoms with Crippen molar-refractivity contribution < 1.29 is 4.39 Å². The number of rotatable bonds is 3. The molecule has 0 radical (unpaired) electrons. The lowest BCUT2D eigenvalue weighted by Gasteiger charge is -2.00. The number of benzene rings is 2. The van der Waals surface area contributed by atoms with E-state index in [-0.39, 0.29) is 28.5 Å². The first-order chi connectivity index (χ1) is 13.0. The van der Waals surface area contributed by atoms with Crippen molar-refractivity contribution in [3.63, 3.8) is 0 Å². The van der Waals surface area contributed by atoms with Crippen LogP contribution in [0.25, 0.3) is 11.0 Å². The van der Waals surface area contributed by atoms with Crippen molar-refractivity contribution in [3.8, 4) is 0 Å². The lowest BCUT2D eigenvalue weighted by Crippen LogP contribution is -2.28. The van der Waals surface area contributed by atoms with E-state index in [0.717, 1.165) is 25.9 Å². The maximum Gasteiger partial charge on any atom is 0.296 e. The number of nitrogens with zero attached hydrogens (tertiary/aromatic N) is 3. The molecule has 0 fully saturated rings. The molecule has 0 saturated carbocycles. The summed E-state index contributed by atoms with van der Waals surface area (Å²) in [5.41, 5.74) is 0.897. The standard InChI is InChI=1S/C19H11BrFN3O2S/c20-13-5-1-12(2-6-13)10-16-18(26)24-19(27-16)22-17(25)15(23-24)9-11-3-7-14(21)8-4-11/h1-8,10H,9H2/b16-10+. The Kier molecular flexibility index (Phi) is 4.67. The number of thiazole rings is 1. The molecule has 0 bridgehead atoms. The van der Waals surface area contributed by atoms with Crippen molar-refractivity contribution in [2.45, 2.75) is 6.42 Å². The molecule has 8 heteroatoms. The van der Waals surface area contributed by atoms with Crippen LogP contribution in [0, 0.1) is 5.82 Å². The summed E-state index contributed by atoms with van der Waals surface area (Å²) in [5, 5.41) is 4.19. The molecular weight excluding hydrogens is 433 g/mol. The highest BCUT2D eigenvalue weighted by Crippen LogP contribution is 2.11. The molecule has 4 rings (SSSR count). The Labute approximate surface area is 164 Å². The summed E-state index contributed by atoms with van der Waals surface area (Å²) < 4.78 is 15.6. The molecule has 0 spiro atoms. The molecule has 2 aromatic carbocycles. The van der Waals surface area contributed by atoms with Gasteiger partial charge in [0.1, 0.15) is 11.5 Å². The summed E-state index contributed by atoms with van der Waals surface area (Å²) in [6.07, 6.45) is 1.91. The summed E-state index contributed by atoms with van der Waals surface area (Å²) in [7, 11) is 0. The van der Waals surface area contributed by atoms with E-state index in [2.05, 4.69) is 26.0 Å². The van der Waals surface area contributed by atoms with Gasteiger partial charge in [-0.1, -0.05) is 51.5 Å². The molecule has 0 aliphatic carbocycles. The first-order valence-electron chi connectivity index (χ1n) is 7.94. The fourth-order valence-electron chi connectivity index (χ4n) is 2.56. The van der Waals surface area contributed by atoms with Gasteiger partial charge >= 0.3 is 0 Å². The molecule has 0 saturated heterocycles. The zero-order valence-electron chi connectivity index (χ0n) is 13.7. The molecule has 134 valence electrons. The van der Waals surface area contributed by atoms with Crippen molar-refractivity contribution in [2.75, 3.05) is 0 Å². The molecule has 0 aliphatic rings. The molecule has 2 aromatic heterocycles. The van der Waals surface area contributed by atoms with Crippen molar-refractivity contribution in [1.29, 1.82) is 0 Å². The lowest BCUT2D eigenvalue weighted by molar-refractivity contribution is 0.627. The van der Waals surface area contributed by atoms with Crippen LogP contribution in [0.5, 0.6) is 0 Å². The van der Waals surface area contributed by atoms with Crippen LogP contribution in [-0.4, -0.2) is 14.6 Å². The van der Waals surface area contributed by atoms with Crippen molar-refractivity contribution in [3.05, 3.63) is 101 Å². The van der Waals surface area contributed by atoms with Crippen LogP contribution in [-0.2, 0) is 6.42 Å². The highest BCUT2D eigenvalue weighted by Gasteiger charge is 2.11. The van der Waals surface area contributed by atoms with Gasteiger partial charge in [0, 0.05) is 10.9 Å². The predicted molar refractivity (Wildman–Crippen MR) is 106 cm³/mol. The Balaban J connectivity index is 1.79. The molecule has 0 atom stereocenters. The second-order valence-electron chi connectivity index (χ2n) is 5.83. The van der Waals surface area contributed by atoms with Crippen LogP contribution in [0.4, 0.5) is 4.39 Å². The second kappa shape index (κ2) is 7.13. The fraction of sp³-hybridized carbons (Fsp3) is 0.0526. The molecule has 27 heavy (non-hydrogen) atoms. The van der Waals surface area contributed by atoms with Crippen molar-refractivity contribution >= 4 is 38.3 Å². The van der Waals surface area contributed by atoms with Crippen LogP contribution < -0.4 is 15.7 Å². The molecule has 0 amide bonds. The van der Waals surface area contributed by atoms with Gasteiger partial charge in [-0.2, -0.15) is 14.6 Å². The third-order valence-electron chi connectivity index (χ3n) is 3.90. The van der Waals surface area contributed by atoms with E-state index in [1.165, 1.54) is 12.1 Å². The topological polar surface area (TPSA) is 64.3 Å². The van der Waals surface area contributed by atoms with E-state index in [0.29, 0.717) is 10.1 Å². The SMILES string of the molecule is O=c1nc2s/c(=C/c3ccc(Br)cc3)c(=O)n2nc1Cc1ccc(F)cc1. The predicted octanol–water partition coefficient (Wildman–Crippen LogP) is 2.55. The number of hydrogen-bond acceptors (Lipinski definition) is 5. The van der Waals surface area contributed by atoms with Gasteiger partial charge in [-0.25, -0.2) is 4.39 Å². The number of hydrogen-bond donors (Lipinski definition) is 0. The van der Waals surface area contributed by atoms with Crippen LogP contribution in [0.2, 0.25) is 0 Å². The largest absolute Gasteiger partial charge is 0.296 e. The quantitative estimate of drug-likeness (QED) is 0.488. The Hall–Kier alpha value is -2.71. The molecule has 5 nitrogen and oxygen atoms in total. The van der Waals surface area contributed by atoms with Gasteiger partial charge in [-0.15, -0.1) is 0 Å². The van der Waals surface area contributed by atoms with Crippen molar-refractivity contribution in [2.24, 2.45) is 0 Å². The summed E-state index contributed by atoms with van der Waals surface area (Å²) in [4.78, 5) is 29.1. The van der Waals surface area contributed by atoms with Gasteiger partial charge in [0.2, 0.25) is 4.96 Å². The van der Waals surface area contributed by atoms with E-state index in [4.69, 9.17) is 0 Å². The summed E-state index contributed by atoms with van der Waals surface area (Å²) in [6, 6.07) is 13.3. The van der Waals surface area contributed by atoms with E-state index in [1.54, 1.807) is 18.2 Å². The minimum Gasteiger partial charge on any atom is -0.266 e. The van der Waals surface area contributed by atoms with Gasteiger partial charge in [0.15, 0.2) is 0 Å². The van der Waals surface area contributed by atoms with Gasteiger partial charge in [-0.3, -0.25) is 9.59 Å². The maximum absolute atomic E-state index is 13.0. The maximum atomic E-state index is 13.0. The zero-order chi connectivity index (χ0) is 19.0. The minimum absolute atomic E-state index is 0.143. The molecule has 2 heterocycles. The van der Waals surface area contributed by atoms with Gasteiger partial charge in [0.05, 0.1) is 4.53 Å². The Morgan fingerprint density at radius 2 is 1.78 bits per heavy atom. The number of aromatic nitrogens is 3. The smallest absolute Gasteiger partial charge is 0.266 e. The third kappa shape index (κ3) is 3.72. The van der Waals surface area contributed by atoms with E-state index < -0.39 is 5.56 Å². The highest BCUT2D eigenvalue weighted by molar-refractivity contribution is 9.10. The summed E-state index contributed by atoms with van der Waals surface area (Å²) in [6.45, 7) is 0. The molecule has 0 N–H and O–H groups in total. The summed E-state index contributed by atoms with van der Waals surface area (Å²) >= 11 is 4.48. The Morgan fingerprint density at radius 3 is 2.48 bits per heavy atom. The minimum atomic E-state index is -0.490. The lowest BCUT2D eigenvalue weighted by atomic mass is 10.1. The second-order valence-corrected chi connectivity index (χ2v) is 7.75. The summed E-state index contributed by atoms with van der Waals surface area (Å²) in [5.74, 6) is -0.357. The van der Waals surface area contributed by atoms with Gasteiger partial charge in [0.25, 0.3) is 11.1 Å². The molecule has 0 unspecified atom stereocenters. The van der Waals surface area contributed by atoms with Gasteiger partial charge < -0.3 is 0 Å². The van der Waals surface area contributed by atoms with E-state index in [9.17, 15) is 14.0 Å². The first-order valence-corrected chi connectivity index (χ1v) is 9.55. The molecule has 4 aromatic rings.